The van der Waals surface area contributed by atoms with Crippen molar-refractivity contribution in [1.29, 1.82) is 0 Å². The molecule has 180 valence electrons. The minimum Gasteiger partial charge on any atom is -0.394 e. The SMILES string of the molecule is OC[C@H]1O[C@]2(OCCC2c2ccccc2)[C@H](O)[C@@H](n2cc(-c3cc(F)c(F)c(F)c3)nn2)[C@H]1O. The van der Waals surface area contributed by atoms with Gasteiger partial charge in [0.1, 0.15) is 30.0 Å². The van der Waals surface area contributed by atoms with Crippen molar-refractivity contribution in [3.63, 3.8) is 0 Å². The molecule has 2 aliphatic heterocycles. The monoisotopic (exact) mass is 477 g/mol. The number of hydrogen-bond donors (Lipinski definition) is 3. The van der Waals surface area contributed by atoms with Gasteiger partial charge in [-0.05, 0) is 24.1 Å². The van der Waals surface area contributed by atoms with Gasteiger partial charge in [-0.3, -0.25) is 0 Å². The van der Waals surface area contributed by atoms with Crippen LogP contribution in [0.4, 0.5) is 13.2 Å². The topological polar surface area (TPSA) is 110 Å². The van der Waals surface area contributed by atoms with E-state index in [2.05, 4.69) is 10.3 Å². The van der Waals surface area contributed by atoms with Crippen molar-refractivity contribution in [1.82, 2.24) is 15.0 Å². The van der Waals surface area contributed by atoms with Crippen LogP contribution in [-0.2, 0) is 9.47 Å². The van der Waals surface area contributed by atoms with Crippen LogP contribution in [0.25, 0.3) is 11.3 Å². The second kappa shape index (κ2) is 8.75. The average molecular weight is 477 g/mol. The molecule has 5 rings (SSSR count). The minimum absolute atomic E-state index is 0.00904. The zero-order valence-corrected chi connectivity index (χ0v) is 17.8. The van der Waals surface area contributed by atoms with Gasteiger partial charge in [-0.2, -0.15) is 0 Å². The molecule has 11 heteroatoms. The summed E-state index contributed by atoms with van der Waals surface area (Å²) < 4.78 is 53.8. The van der Waals surface area contributed by atoms with Crippen molar-refractivity contribution in [2.45, 2.75) is 42.5 Å². The Kier molecular flexibility index (Phi) is 5.90. The molecule has 1 aromatic heterocycles. The standard InChI is InChI=1S/C23H22F3N3O5/c24-15-8-13(9-16(25)19(15)26)17-10-29(28-27-17)20-21(31)18(11-30)34-23(22(20)32)14(6-7-33-23)12-4-2-1-3-5-12/h1-5,8-10,14,18,20-22,30-32H,6-7,11H2/t14?,18-,20+,21+,22-,23+/m1/s1. The van der Waals surface area contributed by atoms with E-state index in [1.807, 2.05) is 30.3 Å². The van der Waals surface area contributed by atoms with Crippen LogP contribution in [0, 0.1) is 17.5 Å². The van der Waals surface area contributed by atoms with E-state index in [0.717, 1.165) is 22.4 Å². The summed E-state index contributed by atoms with van der Waals surface area (Å²) in [6, 6.07) is 9.65. The summed E-state index contributed by atoms with van der Waals surface area (Å²) in [4.78, 5) is 0. The van der Waals surface area contributed by atoms with Crippen LogP contribution in [0.15, 0.2) is 48.7 Å². The molecule has 2 aliphatic rings. The number of aliphatic hydroxyl groups is 3. The van der Waals surface area contributed by atoms with Crippen LogP contribution in [0.2, 0.25) is 0 Å². The van der Waals surface area contributed by atoms with Gasteiger partial charge < -0.3 is 24.8 Å². The normalized spacial score (nSPS) is 31.3. The Morgan fingerprint density at radius 1 is 1.09 bits per heavy atom. The van der Waals surface area contributed by atoms with Gasteiger partial charge in [0, 0.05) is 11.5 Å². The van der Waals surface area contributed by atoms with Crippen molar-refractivity contribution in [3.05, 3.63) is 71.7 Å². The molecule has 0 radical (unpaired) electrons. The fourth-order valence-electron chi connectivity index (χ4n) is 4.86. The number of aliphatic hydroxyl groups excluding tert-OH is 3. The first-order valence-corrected chi connectivity index (χ1v) is 10.8. The first-order chi connectivity index (χ1) is 16.4. The Labute approximate surface area is 192 Å². The van der Waals surface area contributed by atoms with E-state index in [1.54, 1.807) is 0 Å². The second-order valence-corrected chi connectivity index (χ2v) is 8.42. The third-order valence-electron chi connectivity index (χ3n) is 6.50. The highest BCUT2D eigenvalue weighted by Crippen LogP contribution is 2.50. The molecule has 0 aliphatic carbocycles. The minimum atomic E-state index is -1.61. The number of aromatic nitrogens is 3. The maximum Gasteiger partial charge on any atom is 0.204 e. The Bertz CT molecular complexity index is 1160. The molecule has 3 N–H and O–H groups in total. The van der Waals surface area contributed by atoms with E-state index in [9.17, 15) is 28.5 Å². The lowest BCUT2D eigenvalue weighted by molar-refractivity contribution is -0.344. The third-order valence-corrected chi connectivity index (χ3v) is 6.50. The van der Waals surface area contributed by atoms with Crippen molar-refractivity contribution in [3.8, 4) is 11.3 Å². The third kappa shape index (κ3) is 3.60. The maximum atomic E-state index is 13.7. The summed E-state index contributed by atoms with van der Waals surface area (Å²) in [7, 11) is 0. The van der Waals surface area contributed by atoms with Crippen LogP contribution in [-0.4, -0.2) is 67.6 Å². The molecule has 0 saturated carbocycles. The number of rotatable bonds is 4. The van der Waals surface area contributed by atoms with Crippen molar-refractivity contribution in [2.24, 2.45) is 0 Å². The largest absolute Gasteiger partial charge is 0.394 e. The van der Waals surface area contributed by atoms with E-state index in [-0.39, 0.29) is 17.9 Å². The molecular formula is C23H22F3N3O5. The van der Waals surface area contributed by atoms with Gasteiger partial charge in [-0.25, -0.2) is 17.9 Å². The smallest absolute Gasteiger partial charge is 0.204 e. The molecule has 0 amide bonds. The summed E-state index contributed by atoms with van der Waals surface area (Å²) in [5.41, 5.74) is 0.763. The highest BCUT2D eigenvalue weighted by molar-refractivity contribution is 5.58. The van der Waals surface area contributed by atoms with Gasteiger partial charge in [0.2, 0.25) is 5.79 Å². The summed E-state index contributed by atoms with van der Waals surface area (Å²) >= 11 is 0. The number of nitrogens with zero attached hydrogens (tertiary/aromatic N) is 3. The summed E-state index contributed by atoms with van der Waals surface area (Å²) in [5.74, 6) is -6.38. The number of hydrogen-bond acceptors (Lipinski definition) is 7. The van der Waals surface area contributed by atoms with Crippen LogP contribution in [0.1, 0.15) is 23.9 Å². The van der Waals surface area contributed by atoms with E-state index < -0.39 is 60.1 Å². The Hall–Kier alpha value is -2.83. The summed E-state index contributed by atoms with van der Waals surface area (Å²) in [6.45, 7) is -0.290. The molecule has 1 unspecified atom stereocenters. The maximum absolute atomic E-state index is 13.7. The van der Waals surface area contributed by atoms with Gasteiger partial charge in [0.25, 0.3) is 0 Å². The lowest BCUT2D eigenvalue weighted by atomic mass is 9.80. The molecule has 6 atom stereocenters. The zero-order valence-electron chi connectivity index (χ0n) is 17.8. The van der Waals surface area contributed by atoms with Gasteiger partial charge >= 0.3 is 0 Å². The van der Waals surface area contributed by atoms with Crippen LogP contribution < -0.4 is 0 Å². The molecule has 2 aromatic carbocycles. The summed E-state index contributed by atoms with van der Waals surface area (Å²) in [5, 5.41) is 40.0. The Balaban J connectivity index is 1.54. The predicted octanol–water partition coefficient (Wildman–Crippen LogP) is 1.92. The molecule has 8 nitrogen and oxygen atoms in total. The molecular weight excluding hydrogens is 455 g/mol. The van der Waals surface area contributed by atoms with Crippen LogP contribution in [0.3, 0.4) is 0 Å². The molecule has 1 spiro atoms. The molecule has 2 saturated heterocycles. The molecule has 2 fully saturated rings. The van der Waals surface area contributed by atoms with E-state index in [1.165, 1.54) is 6.20 Å². The van der Waals surface area contributed by atoms with Gasteiger partial charge in [-0.15, -0.1) is 5.10 Å². The van der Waals surface area contributed by atoms with Gasteiger partial charge in [-0.1, -0.05) is 35.5 Å². The number of halogens is 3. The Morgan fingerprint density at radius 2 is 1.79 bits per heavy atom. The van der Waals surface area contributed by atoms with E-state index >= 15 is 0 Å². The number of ether oxygens (including phenoxy) is 2. The van der Waals surface area contributed by atoms with Crippen LogP contribution >= 0.6 is 0 Å². The highest BCUT2D eigenvalue weighted by atomic mass is 19.2. The average Bonchev–Trinajstić information content (AvgIpc) is 3.49. The van der Waals surface area contributed by atoms with E-state index in [0.29, 0.717) is 6.42 Å². The fourth-order valence-corrected chi connectivity index (χ4v) is 4.86. The lowest BCUT2D eigenvalue weighted by Crippen LogP contribution is -2.64. The van der Waals surface area contributed by atoms with Crippen LogP contribution in [0.5, 0.6) is 0 Å². The van der Waals surface area contributed by atoms with Crippen molar-refractivity contribution in [2.75, 3.05) is 13.2 Å². The van der Waals surface area contributed by atoms with Crippen molar-refractivity contribution < 1.29 is 38.0 Å². The van der Waals surface area contributed by atoms with E-state index in [4.69, 9.17) is 9.47 Å². The highest BCUT2D eigenvalue weighted by Gasteiger charge is 2.61. The molecule has 3 aromatic rings. The molecule has 0 bridgehead atoms. The molecule has 34 heavy (non-hydrogen) atoms. The van der Waals surface area contributed by atoms with Gasteiger partial charge in [0.05, 0.1) is 19.4 Å². The quantitative estimate of drug-likeness (QED) is 0.493. The van der Waals surface area contributed by atoms with Crippen molar-refractivity contribution >= 4 is 0 Å². The zero-order chi connectivity index (χ0) is 24.0. The lowest BCUT2D eigenvalue weighted by Gasteiger charge is -2.49. The first kappa shape index (κ1) is 22.9. The predicted molar refractivity (Wildman–Crippen MR) is 111 cm³/mol. The number of benzene rings is 2. The second-order valence-electron chi connectivity index (χ2n) is 8.42. The fraction of sp³-hybridized carbons (Fsp3) is 0.391. The Morgan fingerprint density at radius 3 is 2.47 bits per heavy atom. The first-order valence-electron chi connectivity index (χ1n) is 10.8. The summed E-state index contributed by atoms with van der Waals surface area (Å²) in [6.07, 6.45) is -2.19. The van der Waals surface area contributed by atoms with Gasteiger partial charge in [0.15, 0.2) is 17.5 Å². The molecule has 3 heterocycles.